The lowest BCUT2D eigenvalue weighted by Crippen LogP contribution is -2.35. The van der Waals surface area contributed by atoms with Gasteiger partial charge in [-0.3, -0.25) is 4.68 Å². The second kappa shape index (κ2) is 4.00. The van der Waals surface area contributed by atoms with Crippen LogP contribution >= 0.6 is 0 Å². The summed E-state index contributed by atoms with van der Waals surface area (Å²) in [5, 5.41) is 4.40. The molecule has 0 aliphatic carbocycles. The van der Waals surface area contributed by atoms with Crippen molar-refractivity contribution in [1.82, 2.24) is 9.78 Å². The first-order valence-corrected chi connectivity index (χ1v) is 6.08. The van der Waals surface area contributed by atoms with Gasteiger partial charge in [-0.15, -0.1) is 0 Å². The Morgan fingerprint density at radius 2 is 2.12 bits per heavy atom. The zero-order valence-corrected chi connectivity index (χ0v) is 10.7. The van der Waals surface area contributed by atoms with E-state index in [0.717, 1.165) is 23.7 Å². The molecule has 0 spiro atoms. The summed E-state index contributed by atoms with van der Waals surface area (Å²) in [5.41, 5.74) is 7.90. The quantitative estimate of drug-likeness (QED) is 0.831. The molecule has 0 aromatic carbocycles. The first kappa shape index (κ1) is 11.3. The lowest BCUT2D eigenvalue weighted by Gasteiger charge is -2.29. The van der Waals surface area contributed by atoms with Crippen LogP contribution in [-0.2, 0) is 7.05 Å². The van der Waals surface area contributed by atoms with Crippen LogP contribution in [0.2, 0.25) is 0 Å². The molecular formula is C12H22N4. The largest absolute Gasteiger partial charge is 0.394 e. The van der Waals surface area contributed by atoms with E-state index in [2.05, 4.69) is 23.8 Å². The zero-order valence-electron chi connectivity index (χ0n) is 10.7. The average Bonchev–Trinajstić information content (AvgIpc) is 2.73. The van der Waals surface area contributed by atoms with Crippen molar-refractivity contribution in [1.29, 1.82) is 0 Å². The van der Waals surface area contributed by atoms with Crippen molar-refractivity contribution in [2.75, 3.05) is 17.2 Å². The second-order valence-corrected chi connectivity index (χ2v) is 5.09. The van der Waals surface area contributed by atoms with Gasteiger partial charge < -0.3 is 10.6 Å². The van der Waals surface area contributed by atoms with E-state index in [1.807, 2.05) is 18.7 Å². The molecular weight excluding hydrogens is 200 g/mol. The molecule has 0 saturated carbocycles. The molecule has 1 aromatic heterocycles. The fourth-order valence-electron chi connectivity index (χ4n) is 2.75. The lowest BCUT2D eigenvalue weighted by molar-refractivity contribution is 0.485. The number of hydrogen-bond acceptors (Lipinski definition) is 3. The fourth-order valence-corrected chi connectivity index (χ4v) is 2.75. The lowest BCUT2D eigenvalue weighted by atomic mass is 10.0. The number of nitrogen functional groups attached to an aromatic ring is 1. The van der Waals surface area contributed by atoms with Gasteiger partial charge in [0.25, 0.3) is 0 Å². The van der Waals surface area contributed by atoms with Crippen molar-refractivity contribution < 1.29 is 0 Å². The van der Waals surface area contributed by atoms with E-state index in [9.17, 15) is 0 Å². The van der Waals surface area contributed by atoms with Crippen LogP contribution in [0.1, 0.15) is 32.4 Å². The van der Waals surface area contributed by atoms with E-state index in [0.29, 0.717) is 12.0 Å². The summed E-state index contributed by atoms with van der Waals surface area (Å²) in [6.07, 6.45) is 2.52. The second-order valence-electron chi connectivity index (χ2n) is 5.09. The zero-order chi connectivity index (χ0) is 11.9. The third-order valence-electron chi connectivity index (χ3n) is 3.58. The molecule has 90 valence electrons. The first-order chi connectivity index (χ1) is 7.52. The van der Waals surface area contributed by atoms with Crippen LogP contribution in [0.4, 0.5) is 11.5 Å². The molecule has 2 heterocycles. The molecule has 2 N–H and O–H groups in total. The molecule has 0 bridgehead atoms. The van der Waals surface area contributed by atoms with E-state index in [1.54, 1.807) is 0 Å². The van der Waals surface area contributed by atoms with Crippen LogP contribution in [0.15, 0.2) is 0 Å². The topological polar surface area (TPSA) is 47.1 Å². The van der Waals surface area contributed by atoms with Gasteiger partial charge in [0, 0.05) is 19.6 Å². The van der Waals surface area contributed by atoms with Crippen LogP contribution < -0.4 is 10.6 Å². The summed E-state index contributed by atoms with van der Waals surface area (Å²) in [5.74, 6) is 1.77. The van der Waals surface area contributed by atoms with Crippen molar-refractivity contribution in [3.63, 3.8) is 0 Å². The highest BCUT2D eigenvalue weighted by molar-refractivity contribution is 5.67. The summed E-state index contributed by atoms with van der Waals surface area (Å²) in [7, 11) is 1.98. The Morgan fingerprint density at radius 1 is 1.44 bits per heavy atom. The van der Waals surface area contributed by atoms with Gasteiger partial charge in [-0.2, -0.15) is 5.10 Å². The Kier molecular flexibility index (Phi) is 2.82. The van der Waals surface area contributed by atoms with Crippen LogP contribution in [0.5, 0.6) is 0 Å². The standard InChI is InChI=1S/C12H22N4/c1-8(2)10-6-5-7-16(10)12-11(13)9(3)14-15(12)4/h8,10H,5-7,13H2,1-4H3. The molecule has 1 aliphatic heterocycles. The average molecular weight is 222 g/mol. The summed E-state index contributed by atoms with van der Waals surface area (Å²) in [6, 6.07) is 0.608. The predicted octanol–water partition coefficient (Wildman–Crippen LogP) is 1.94. The van der Waals surface area contributed by atoms with Crippen LogP contribution in [0, 0.1) is 12.8 Å². The Bertz CT molecular complexity index is 381. The number of aromatic nitrogens is 2. The van der Waals surface area contributed by atoms with Crippen molar-refractivity contribution in [2.45, 2.75) is 39.7 Å². The Hall–Kier alpha value is -1.19. The molecule has 1 aliphatic rings. The summed E-state index contributed by atoms with van der Waals surface area (Å²) >= 11 is 0. The van der Waals surface area contributed by atoms with Crippen molar-refractivity contribution >= 4 is 11.5 Å². The number of anilines is 2. The molecule has 4 heteroatoms. The molecule has 1 atom stereocenters. The maximum absolute atomic E-state index is 6.12. The third kappa shape index (κ3) is 1.66. The summed E-state index contributed by atoms with van der Waals surface area (Å²) in [4.78, 5) is 2.43. The van der Waals surface area contributed by atoms with E-state index in [4.69, 9.17) is 5.73 Å². The van der Waals surface area contributed by atoms with Crippen molar-refractivity contribution in [2.24, 2.45) is 13.0 Å². The molecule has 0 radical (unpaired) electrons. The van der Waals surface area contributed by atoms with Gasteiger partial charge in [-0.25, -0.2) is 0 Å². The molecule has 1 fully saturated rings. The number of hydrogen-bond donors (Lipinski definition) is 1. The molecule has 0 amide bonds. The molecule has 1 unspecified atom stereocenters. The highest BCUT2D eigenvalue weighted by Gasteiger charge is 2.30. The third-order valence-corrected chi connectivity index (χ3v) is 3.58. The van der Waals surface area contributed by atoms with Crippen LogP contribution in [0.3, 0.4) is 0 Å². The van der Waals surface area contributed by atoms with Gasteiger partial charge in [0.2, 0.25) is 0 Å². The Morgan fingerprint density at radius 3 is 2.62 bits per heavy atom. The van der Waals surface area contributed by atoms with E-state index >= 15 is 0 Å². The van der Waals surface area contributed by atoms with E-state index in [-0.39, 0.29) is 0 Å². The van der Waals surface area contributed by atoms with Gasteiger partial charge in [0.05, 0.1) is 11.4 Å². The fraction of sp³-hybridized carbons (Fsp3) is 0.750. The van der Waals surface area contributed by atoms with Crippen LogP contribution in [0.25, 0.3) is 0 Å². The molecule has 16 heavy (non-hydrogen) atoms. The SMILES string of the molecule is Cc1nn(C)c(N2CCCC2C(C)C)c1N. The number of nitrogens with zero attached hydrogens (tertiary/aromatic N) is 3. The van der Waals surface area contributed by atoms with Gasteiger partial charge in [-0.05, 0) is 25.7 Å². The number of aryl methyl sites for hydroxylation is 2. The molecule has 1 saturated heterocycles. The maximum atomic E-state index is 6.12. The summed E-state index contributed by atoms with van der Waals surface area (Å²) < 4.78 is 1.92. The minimum Gasteiger partial charge on any atom is -0.394 e. The Balaban J connectivity index is 2.36. The smallest absolute Gasteiger partial charge is 0.150 e. The maximum Gasteiger partial charge on any atom is 0.150 e. The minimum absolute atomic E-state index is 0.608. The van der Waals surface area contributed by atoms with E-state index < -0.39 is 0 Å². The van der Waals surface area contributed by atoms with Gasteiger partial charge >= 0.3 is 0 Å². The predicted molar refractivity (Wildman–Crippen MR) is 67.6 cm³/mol. The van der Waals surface area contributed by atoms with E-state index in [1.165, 1.54) is 12.8 Å². The van der Waals surface area contributed by atoms with Gasteiger partial charge in [0.15, 0.2) is 5.82 Å². The normalized spacial score (nSPS) is 21.1. The highest BCUT2D eigenvalue weighted by atomic mass is 15.4. The number of nitrogens with two attached hydrogens (primary N) is 1. The summed E-state index contributed by atoms with van der Waals surface area (Å²) in [6.45, 7) is 7.64. The highest BCUT2D eigenvalue weighted by Crippen LogP contribution is 2.34. The van der Waals surface area contributed by atoms with Crippen molar-refractivity contribution in [3.05, 3.63) is 5.69 Å². The monoisotopic (exact) mass is 222 g/mol. The van der Waals surface area contributed by atoms with Crippen LogP contribution in [-0.4, -0.2) is 22.4 Å². The molecule has 4 nitrogen and oxygen atoms in total. The van der Waals surface area contributed by atoms with Gasteiger partial charge in [0.1, 0.15) is 0 Å². The number of rotatable bonds is 2. The van der Waals surface area contributed by atoms with Crippen molar-refractivity contribution in [3.8, 4) is 0 Å². The molecule has 1 aromatic rings. The minimum atomic E-state index is 0.608. The Labute approximate surface area is 97.4 Å². The van der Waals surface area contributed by atoms with Gasteiger partial charge in [-0.1, -0.05) is 13.8 Å². The molecule has 2 rings (SSSR count). The first-order valence-electron chi connectivity index (χ1n) is 6.08.